The summed E-state index contributed by atoms with van der Waals surface area (Å²) in [4.78, 5) is 28.0. The third-order valence-corrected chi connectivity index (χ3v) is 9.43. The van der Waals surface area contributed by atoms with Crippen molar-refractivity contribution in [3.05, 3.63) is 36.9 Å². The number of halogens is 3. The minimum atomic E-state index is -3.01. The Bertz CT molecular complexity index is 1120. The summed E-state index contributed by atoms with van der Waals surface area (Å²) < 4.78 is 31.3. The molecular formula is C24H30F2IN3O3S2. The number of fused-ring (bicyclic) bond motifs is 2. The van der Waals surface area contributed by atoms with Crippen LogP contribution >= 0.6 is 45.3 Å². The molecule has 0 unspecified atom stereocenters. The van der Waals surface area contributed by atoms with Gasteiger partial charge in [0, 0.05) is 45.4 Å². The number of nitrogens with one attached hydrogen (secondary N) is 3. The average molecular weight is 638 g/mol. The molecule has 2 aromatic heterocycles. The standard InChI is InChI=1S/C24H30F2IN3O3S2/c1-23(2,3)33-21(31)18-14-7-5-4-6-8-16(14)35-20(18)30-22(32)29-11-15-13-9-10-28-12-17(13)34-19(15)24(25,26)27/h28H,4-12H2,1-3H3,(H2,29,30,32). The number of aryl methyl sites for hydroxylation is 1. The number of hydrogen-bond acceptors (Lipinski definition) is 6. The molecule has 3 heterocycles. The number of hydrogen-bond donors (Lipinski definition) is 3. The summed E-state index contributed by atoms with van der Waals surface area (Å²) in [7, 11) is 0. The monoisotopic (exact) mass is 637 g/mol. The second-order valence-corrected chi connectivity index (χ2v) is 13.4. The maximum Gasteiger partial charge on any atom is 0.341 e. The first kappa shape index (κ1) is 26.7. The lowest BCUT2D eigenvalue weighted by Crippen LogP contribution is -2.31. The van der Waals surface area contributed by atoms with Gasteiger partial charge in [-0.15, -0.1) is 22.7 Å². The molecule has 0 bridgehead atoms. The third-order valence-electron chi connectivity index (χ3n) is 5.97. The van der Waals surface area contributed by atoms with E-state index in [0.29, 0.717) is 29.1 Å². The van der Waals surface area contributed by atoms with E-state index >= 15 is 0 Å². The van der Waals surface area contributed by atoms with Crippen LogP contribution in [0.3, 0.4) is 0 Å². The van der Waals surface area contributed by atoms with Crippen molar-refractivity contribution in [2.24, 2.45) is 0 Å². The van der Waals surface area contributed by atoms with Crippen LogP contribution in [0.25, 0.3) is 0 Å². The quantitative estimate of drug-likeness (QED) is 0.152. The Morgan fingerprint density at radius 1 is 1.06 bits per heavy atom. The van der Waals surface area contributed by atoms with E-state index < -0.39 is 21.5 Å². The van der Waals surface area contributed by atoms with Crippen LogP contribution in [0.1, 0.15) is 81.7 Å². The summed E-state index contributed by atoms with van der Waals surface area (Å²) in [6.07, 6.45) is 5.41. The van der Waals surface area contributed by atoms with Gasteiger partial charge in [0.1, 0.15) is 10.6 Å². The fraction of sp³-hybridized carbons (Fsp3) is 0.583. The van der Waals surface area contributed by atoms with Crippen molar-refractivity contribution in [1.82, 2.24) is 10.6 Å². The predicted molar refractivity (Wildman–Crippen MR) is 144 cm³/mol. The van der Waals surface area contributed by atoms with Gasteiger partial charge in [-0.1, -0.05) is 6.42 Å². The molecule has 2 aromatic rings. The van der Waals surface area contributed by atoms with Gasteiger partial charge in [-0.05, 0) is 76.1 Å². The van der Waals surface area contributed by atoms with Crippen LogP contribution in [0.15, 0.2) is 0 Å². The maximum absolute atomic E-state index is 14.3. The Hall–Kier alpha value is -1.31. The molecule has 0 saturated heterocycles. The normalized spacial score (nSPS) is 16.2. The van der Waals surface area contributed by atoms with Crippen LogP contribution in [0, 0.1) is 0 Å². The van der Waals surface area contributed by atoms with E-state index in [1.165, 1.54) is 11.3 Å². The SMILES string of the molecule is CC(C)(C)OC(=O)c1c(NC(=O)NCc2c(C(F)(F)I)sc3c2CCNC3)sc2c1CCCCC2. The number of rotatable bonds is 5. The van der Waals surface area contributed by atoms with Crippen LogP contribution in [0.2, 0.25) is 0 Å². The van der Waals surface area contributed by atoms with Crippen molar-refractivity contribution in [1.29, 1.82) is 0 Å². The summed E-state index contributed by atoms with van der Waals surface area (Å²) in [6.45, 7) is 6.72. The van der Waals surface area contributed by atoms with Gasteiger partial charge >= 0.3 is 15.9 Å². The highest BCUT2D eigenvalue weighted by Gasteiger charge is 2.36. The number of carbonyl (C=O) groups is 2. The van der Waals surface area contributed by atoms with Gasteiger partial charge in [0.2, 0.25) is 0 Å². The topological polar surface area (TPSA) is 79.5 Å². The van der Waals surface area contributed by atoms with E-state index in [4.69, 9.17) is 4.74 Å². The van der Waals surface area contributed by atoms with Crippen molar-refractivity contribution in [3.63, 3.8) is 0 Å². The smallest absolute Gasteiger partial charge is 0.341 e. The molecule has 0 radical (unpaired) electrons. The van der Waals surface area contributed by atoms with Crippen LogP contribution in [0.5, 0.6) is 0 Å². The van der Waals surface area contributed by atoms with Gasteiger partial charge in [-0.25, -0.2) is 9.59 Å². The van der Waals surface area contributed by atoms with E-state index in [1.807, 2.05) is 20.8 Å². The van der Waals surface area contributed by atoms with Crippen molar-refractivity contribution < 1.29 is 23.1 Å². The first-order valence-electron chi connectivity index (χ1n) is 11.8. The molecule has 1 aliphatic heterocycles. The molecule has 0 aromatic carbocycles. The Morgan fingerprint density at radius 2 is 1.80 bits per heavy atom. The summed E-state index contributed by atoms with van der Waals surface area (Å²) in [5.74, 6) is -0.446. The molecule has 1 aliphatic carbocycles. The van der Waals surface area contributed by atoms with Crippen LogP contribution in [-0.2, 0) is 41.0 Å². The van der Waals surface area contributed by atoms with E-state index in [2.05, 4.69) is 16.0 Å². The van der Waals surface area contributed by atoms with Gasteiger partial charge in [0.05, 0.1) is 10.4 Å². The van der Waals surface area contributed by atoms with Crippen LogP contribution in [-0.4, -0.2) is 24.1 Å². The van der Waals surface area contributed by atoms with E-state index in [-0.39, 0.29) is 11.4 Å². The van der Waals surface area contributed by atoms with E-state index in [9.17, 15) is 18.4 Å². The lowest BCUT2D eigenvalue weighted by molar-refractivity contribution is 0.00700. The Balaban J connectivity index is 1.55. The molecule has 0 fully saturated rings. The van der Waals surface area contributed by atoms with Crippen molar-refractivity contribution >= 4 is 62.3 Å². The van der Waals surface area contributed by atoms with Gasteiger partial charge in [0.25, 0.3) is 0 Å². The van der Waals surface area contributed by atoms with Gasteiger partial charge < -0.3 is 15.4 Å². The van der Waals surface area contributed by atoms with Gasteiger partial charge in [-0.3, -0.25) is 5.32 Å². The molecule has 0 atom stereocenters. The molecule has 35 heavy (non-hydrogen) atoms. The zero-order chi connectivity index (χ0) is 25.4. The average Bonchev–Trinajstić information content (AvgIpc) is 3.21. The summed E-state index contributed by atoms with van der Waals surface area (Å²) in [6, 6.07) is -0.525. The molecule has 0 saturated carbocycles. The molecular weight excluding hydrogens is 607 g/mol. The fourth-order valence-electron chi connectivity index (χ4n) is 4.51. The molecule has 0 spiro atoms. The molecule has 2 amide bonds. The number of anilines is 1. The number of thiophene rings is 2. The number of ether oxygens (including phenoxy) is 1. The number of urea groups is 1. The third kappa shape index (κ3) is 6.34. The van der Waals surface area contributed by atoms with E-state index in [1.54, 1.807) is 0 Å². The number of carbonyl (C=O) groups excluding carboxylic acids is 2. The van der Waals surface area contributed by atoms with Crippen molar-refractivity contribution in [2.75, 3.05) is 11.9 Å². The lowest BCUT2D eigenvalue weighted by atomic mass is 10.0. The zero-order valence-electron chi connectivity index (χ0n) is 20.0. The van der Waals surface area contributed by atoms with Crippen molar-refractivity contribution in [3.8, 4) is 0 Å². The summed E-state index contributed by atoms with van der Waals surface area (Å²) in [5, 5.41) is 9.25. The number of alkyl halides is 3. The molecule has 3 N–H and O–H groups in total. The lowest BCUT2D eigenvalue weighted by Gasteiger charge is -2.20. The first-order chi connectivity index (χ1) is 16.4. The van der Waals surface area contributed by atoms with Crippen molar-refractivity contribution in [2.45, 2.75) is 81.9 Å². The molecule has 11 heteroatoms. The Morgan fingerprint density at radius 3 is 2.51 bits per heavy atom. The molecule has 2 aliphatic rings. The number of esters is 1. The largest absolute Gasteiger partial charge is 0.456 e. The molecule has 192 valence electrons. The Kier molecular flexibility index (Phi) is 8.09. The second-order valence-electron chi connectivity index (χ2n) is 9.81. The van der Waals surface area contributed by atoms with Gasteiger partial charge in [-0.2, -0.15) is 8.78 Å². The highest BCUT2D eigenvalue weighted by Crippen LogP contribution is 2.45. The molecule has 6 nitrogen and oxygen atoms in total. The predicted octanol–water partition coefficient (Wildman–Crippen LogP) is 6.49. The highest BCUT2D eigenvalue weighted by molar-refractivity contribution is 14.1. The highest BCUT2D eigenvalue weighted by atomic mass is 127. The first-order valence-corrected chi connectivity index (χ1v) is 14.5. The summed E-state index contributed by atoms with van der Waals surface area (Å²) >= 11 is 3.67. The maximum atomic E-state index is 14.3. The summed E-state index contributed by atoms with van der Waals surface area (Å²) in [5.41, 5.74) is 2.12. The number of amides is 2. The second kappa shape index (κ2) is 10.6. The zero-order valence-corrected chi connectivity index (χ0v) is 23.8. The van der Waals surface area contributed by atoms with Crippen LogP contribution in [0.4, 0.5) is 18.6 Å². The van der Waals surface area contributed by atoms with Gasteiger partial charge in [0.15, 0.2) is 0 Å². The minimum absolute atomic E-state index is 0.00154. The minimum Gasteiger partial charge on any atom is -0.456 e. The van der Waals surface area contributed by atoms with E-state index in [0.717, 1.165) is 93.5 Å². The fourth-order valence-corrected chi connectivity index (χ4v) is 7.64. The molecule has 4 rings (SSSR count). The Labute approximate surface area is 225 Å². The van der Waals surface area contributed by atoms with Crippen LogP contribution < -0.4 is 16.0 Å².